The monoisotopic (exact) mass is 131 g/mol. The van der Waals surface area contributed by atoms with Gasteiger partial charge >= 0.3 is 0 Å². The predicted molar refractivity (Wildman–Crippen MR) is 44.5 cm³/mol. The average molecular weight is 131 g/mol. The van der Waals surface area contributed by atoms with E-state index >= 15 is 0 Å². The Hall–Kier alpha value is -0.0400. The summed E-state index contributed by atoms with van der Waals surface area (Å²) in [5.74, 6) is 0. The highest BCUT2D eigenvalue weighted by Gasteiger charge is 1.80. The quantitative estimate of drug-likeness (QED) is 0.583. The third-order valence-corrected chi connectivity index (χ3v) is 1.21. The van der Waals surface area contributed by atoms with Crippen LogP contribution in [0.15, 0.2) is 0 Å². The molecule has 0 spiro atoms. The summed E-state index contributed by atoms with van der Waals surface area (Å²) in [5, 5.41) is 0. The maximum Gasteiger partial charge on any atom is -0.0195 e. The topological polar surface area (TPSA) is 26.0 Å². The zero-order valence-corrected chi connectivity index (χ0v) is 7.11. The molecule has 0 aromatic heterocycles. The maximum absolute atomic E-state index is 4.50. The molecular weight excluding hydrogens is 110 g/mol. The maximum atomic E-state index is 4.50. The summed E-state index contributed by atoms with van der Waals surface area (Å²) in [4.78, 5) is 0. The molecule has 0 saturated heterocycles. The molecule has 0 bridgehead atoms. The van der Waals surface area contributed by atoms with E-state index in [9.17, 15) is 0 Å². The lowest BCUT2D eigenvalue weighted by Gasteiger charge is -1.90. The van der Waals surface area contributed by atoms with Crippen LogP contribution in [0.4, 0.5) is 0 Å². The van der Waals surface area contributed by atoms with Gasteiger partial charge < -0.3 is 5.73 Å². The van der Waals surface area contributed by atoms with Gasteiger partial charge in [-0.3, -0.25) is 0 Å². The molecular formula is C8H21N. The van der Waals surface area contributed by atoms with Gasteiger partial charge in [-0.25, -0.2) is 0 Å². The van der Waals surface area contributed by atoms with Gasteiger partial charge in [0, 0.05) is 0 Å². The first-order valence-corrected chi connectivity index (χ1v) is 3.99. The van der Waals surface area contributed by atoms with Gasteiger partial charge in [-0.05, 0) is 7.05 Å². The van der Waals surface area contributed by atoms with E-state index in [1.165, 1.54) is 39.2 Å². The SMILES string of the molecule is CCCCCCC.CN. The smallest absolute Gasteiger partial charge is 0.0195 e. The Labute approximate surface area is 59.6 Å². The molecule has 0 rings (SSSR count). The van der Waals surface area contributed by atoms with Gasteiger partial charge in [0.25, 0.3) is 0 Å². The van der Waals surface area contributed by atoms with Crippen LogP contribution in [-0.2, 0) is 0 Å². The van der Waals surface area contributed by atoms with Crippen LogP contribution in [-0.4, -0.2) is 7.05 Å². The molecule has 0 aliphatic heterocycles. The van der Waals surface area contributed by atoms with Crippen molar-refractivity contribution in [3.63, 3.8) is 0 Å². The summed E-state index contributed by atoms with van der Waals surface area (Å²) in [7, 11) is 1.50. The highest BCUT2D eigenvalue weighted by atomic mass is 14.4. The van der Waals surface area contributed by atoms with Crippen LogP contribution in [0.5, 0.6) is 0 Å². The number of hydrogen-bond donors (Lipinski definition) is 1. The van der Waals surface area contributed by atoms with E-state index in [0.29, 0.717) is 0 Å². The van der Waals surface area contributed by atoms with E-state index in [2.05, 4.69) is 19.6 Å². The fourth-order valence-electron chi connectivity index (χ4n) is 0.677. The normalized spacial score (nSPS) is 8.00. The molecule has 0 atom stereocenters. The van der Waals surface area contributed by atoms with Crippen molar-refractivity contribution in [1.82, 2.24) is 0 Å². The summed E-state index contributed by atoms with van der Waals surface area (Å²) in [6.45, 7) is 4.49. The van der Waals surface area contributed by atoms with Gasteiger partial charge in [0.05, 0.1) is 0 Å². The molecule has 0 saturated carbocycles. The first-order chi connectivity index (χ1) is 4.41. The molecule has 0 aliphatic carbocycles. The lowest BCUT2D eigenvalue weighted by molar-refractivity contribution is 0.656. The van der Waals surface area contributed by atoms with Crippen molar-refractivity contribution < 1.29 is 0 Å². The minimum absolute atomic E-state index is 1.36. The number of nitrogens with two attached hydrogens (primary N) is 1. The van der Waals surface area contributed by atoms with E-state index in [1.807, 2.05) is 0 Å². The van der Waals surface area contributed by atoms with Crippen molar-refractivity contribution in [2.45, 2.75) is 46.0 Å². The zero-order valence-electron chi connectivity index (χ0n) is 7.11. The molecule has 58 valence electrons. The lowest BCUT2D eigenvalue weighted by atomic mass is 10.2. The zero-order chi connectivity index (χ0) is 7.54. The molecule has 0 fully saturated rings. The van der Waals surface area contributed by atoms with Crippen LogP contribution < -0.4 is 5.73 Å². The molecule has 0 aromatic rings. The van der Waals surface area contributed by atoms with Gasteiger partial charge in [-0.1, -0.05) is 46.0 Å². The van der Waals surface area contributed by atoms with Crippen LogP contribution in [0.3, 0.4) is 0 Å². The molecule has 2 N–H and O–H groups in total. The minimum Gasteiger partial charge on any atom is -0.333 e. The predicted octanol–water partition coefficient (Wildman–Crippen LogP) is 2.55. The Morgan fingerprint density at radius 3 is 1.33 bits per heavy atom. The fourth-order valence-corrected chi connectivity index (χ4v) is 0.677. The van der Waals surface area contributed by atoms with Gasteiger partial charge in [0.2, 0.25) is 0 Å². The summed E-state index contributed by atoms with van der Waals surface area (Å²) in [6, 6.07) is 0. The Kier molecular flexibility index (Phi) is 20.4. The number of hydrogen-bond acceptors (Lipinski definition) is 1. The van der Waals surface area contributed by atoms with Crippen LogP contribution in [0.2, 0.25) is 0 Å². The Morgan fingerprint density at radius 1 is 0.778 bits per heavy atom. The Balaban J connectivity index is 0. The van der Waals surface area contributed by atoms with E-state index in [-0.39, 0.29) is 0 Å². The molecule has 0 heterocycles. The molecule has 1 nitrogen and oxygen atoms in total. The van der Waals surface area contributed by atoms with E-state index in [0.717, 1.165) is 0 Å². The molecule has 0 amide bonds. The van der Waals surface area contributed by atoms with Crippen molar-refractivity contribution in [2.24, 2.45) is 5.73 Å². The van der Waals surface area contributed by atoms with Gasteiger partial charge in [-0.2, -0.15) is 0 Å². The summed E-state index contributed by atoms with van der Waals surface area (Å²) in [5.41, 5.74) is 4.50. The highest BCUT2D eigenvalue weighted by molar-refractivity contribution is 4.35. The molecule has 1 heteroatoms. The van der Waals surface area contributed by atoms with Crippen LogP contribution in [0.1, 0.15) is 46.0 Å². The summed E-state index contributed by atoms with van der Waals surface area (Å²) >= 11 is 0. The average Bonchev–Trinajstić information content (AvgIpc) is 1.94. The number of unbranched alkanes of at least 4 members (excludes halogenated alkanes) is 4. The minimum atomic E-state index is 1.36. The second kappa shape index (κ2) is 15.7. The van der Waals surface area contributed by atoms with Crippen molar-refractivity contribution in [2.75, 3.05) is 7.05 Å². The van der Waals surface area contributed by atoms with Gasteiger partial charge in [0.1, 0.15) is 0 Å². The molecule has 9 heavy (non-hydrogen) atoms. The summed E-state index contributed by atoms with van der Waals surface area (Å²) in [6.07, 6.45) is 7.01. The van der Waals surface area contributed by atoms with E-state index in [4.69, 9.17) is 0 Å². The fraction of sp³-hybridized carbons (Fsp3) is 1.00. The van der Waals surface area contributed by atoms with Crippen molar-refractivity contribution in [3.05, 3.63) is 0 Å². The first-order valence-electron chi connectivity index (χ1n) is 3.99. The van der Waals surface area contributed by atoms with Crippen LogP contribution in [0.25, 0.3) is 0 Å². The van der Waals surface area contributed by atoms with Gasteiger partial charge in [0.15, 0.2) is 0 Å². The van der Waals surface area contributed by atoms with E-state index in [1.54, 1.807) is 0 Å². The highest BCUT2D eigenvalue weighted by Crippen LogP contribution is 2.00. The summed E-state index contributed by atoms with van der Waals surface area (Å²) < 4.78 is 0. The van der Waals surface area contributed by atoms with Crippen LogP contribution in [0, 0.1) is 0 Å². The van der Waals surface area contributed by atoms with E-state index < -0.39 is 0 Å². The number of rotatable bonds is 4. The van der Waals surface area contributed by atoms with Crippen molar-refractivity contribution in [1.29, 1.82) is 0 Å². The van der Waals surface area contributed by atoms with Crippen molar-refractivity contribution >= 4 is 0 Å². The Bertz CT molecular complexity index is 23.7. The first kappa shape index (κ1) is 11.7. The largest absolute Gasteiger partial charge is 0.333 e. The molecule has 0 unspecified atom stereocenters. The third kappa shape index (κ3) is 18.0. The lowest BCUT2D eigenvalue weighted by Crippen LogP contribution is -1.70. The Morgan fingerprint density at radius 2 is 1.11 bits per heavy atom. The molecule has 0 aliphatic rings. The van der Waals surface area contributed by atoms with Crippen LogP contribution >= 0.6 is 0 Å². The second-order valence-corrected chi connectivity index (χ2v) is 2.06. The second-order valence-electron chi connectivity index (χ2n) is 2.06. The van der Waals surface area contributed by atoms with Gasteiger partial charge in [-0.15, -0.1) is 0 Å². The third-order valence-electron chi connectivity index (χ3n) is 1.21. The van der Waals surface area contributed by atoms with Crippen molar-refractivity contribution in [3.8, 4) is 0 Å². The standard InChI is InChI=1S/C7H16.CH5N/c1-3-5-7-6-4-2;1-2/h3-7H2,1-2H3;2H2,1H3. The molecule has 0 radical (unpaired) electrons. The molecule has 0 aromatic carbocycles.